The summed E-state index contributed by atoms with van der Waals surface area (Å²) in [7, 11) is 1.65. The van der Waals surface area contributed by atoms with E-state index in [2.05, 4.69) is 17.1 Å². The van der Waals surface area contributed by atoms with E-state index >= 15 is 0 Å². The van der Waals surface area contributed by atoms with Crippen LogP contribution < -0.4 is 4.74 Å². The molecule has 0 aliphatic carbocycles. The monoisotopic (exact) mass is 357 g/mol. The number of amides is 1. The van der Waals surface area contributed by atoms with Gasteiger partial charge in [-0.2, -0.15) is 0 Å². The molecular formula is C19H23N3O2S. The summed E-state index contributed by atoms with van der Waals surface area (Å²) in [5.74, 6) is 2.16. The summed E-state index contributed by atoms with van der Waals surface area (Å²) < 4.78 is 5.16. The molecule has 1 aromatic carbocycles. The average Bonchev–Trinajstić information content (AvgIpc) is 2.67. The Hall–Kier alpha value is -2.08. The fourth-order valence-electron chi connectivity index (χ4n) is 2.80. The Morgan fingerprint density at radius 3 is 2.48 bits per heavy atom. The number of aromatic nitrogens is 2. The van der Waals surface area contributed by atoms with Crippen LogP contribution in [0.15, 0.2) is 41.4 Å². The summed E-state index contributed by atoms with van der Waals surface area (Å²) in [6.07, 6.45) is 2.21. The highest BCUT2D eigenvalue weighted by Crippen LogP contribution is 2.23. The number of piperidine rings is 1. The number of hydrogen-bond donors (Lipinski definition) is 0. The highest BCUT2D eigenvalue weighted by atomic mass is 32.2. The fraction of sp³-hybridized carbons (Fsp3) is 0.421. The van der Waals surface area contributed by atoms with Crippen LogP contribution in [-0.4, -0.2) is 47.0 Å². The van der Waals surface area contributed by atoms with E-state index < -0.39 is 0 Å². The van der Waals surface area contributed by atoms with Crippen molar-refractivity contribution in [3.8, 4) is 17.0 Å². The Kier molecular flexibility index (Phi) is 5.91. The van der Waals surface area contributed by atoms with Gasteiger partial charge in [-0.05, 0) is 55.2 Å². The molecule has 1 aliphatic rings. The van der Waals surface area contributed by atoms with Crippen molar-refractivity contribution in [1.29, 1.82) is 0 Å². The van der Waals surface area contributed by atoms with Crippen LogP contribution >= 0.6 is 11.8 Å². The van der Waals surface area contributed by atoms with Gasteiger partial charge in [0.25, 0.3) is 0 Å². The van der Waals surface area contributed by atoms with Gasteiger partial charge in [0.2, 0.25) is 5.91 Å². The normalized spacial score (nSPS) is 15.2. The average molecular weight is 357 g/mol. The lowest BCUT2D eigenvalue weighted by Gasteiger charge is -2.30. The SMILES string of the molecule is COc1ccc(-c2ccc(SCC(=O)N3CCC(C)CC3)nn2)cc1. The number of likely N-dealkylation sites (tertiary alicyclic amines) is 1. The first kappa shape index (κ1) is 17.7. The van der Waals surface area contributed by atoms with Gasteiger partial charge in [-0.1, -0.05) is 18.7 Å². The molecule has 1 aliphatic heterocycles. The summed E-state index contributed by atoms with van der Waals surface area (Å²) in [4.78, 5) is 14.2. The molecule has 0 N–H and O–H groups in total. The van der Waals surface area contributed by atoms with E-state index in [4.69, 9.17) is 4.74 Å². The second-order valence-corrected chi connectivity index (χ2v) is 7.33. The maximum absolute atomic E-state index is 12.3. The molecule has 3 rings (SSSR count). The van der Waals surface area contributed by atoms with Gasteiger partial charge in [-0.15, -0.1) is 10.2 Å². The van der Waals surface area contributed by atoms with E-state index in [1.165, 1.54) is 11.8 Å². The zero-order valence-electron chi connectivity index (χ0n) is 14.6. The molecule has 132 valence electrons. The number of hydrogen-bond acceptors (Lipinski definition) is 5. The summed E-state index contributed by atoms with van der Waals surface area (Å²) in [5, 5.41) is 9.28. The molecule has 0 radical (unpaired) electrons. The van der Waals surface area contributed by atoms with Gasteiger partial charge >= 0.3 is 0 Å². The number of benzene rings is 1. The van der Waals surface area contributed by atoms with Crippen LogP contribution in [0.4, 0.5) is 0 Å². The molecule has 0 unspecified atom stereocenters. The van der Waals surface area contributed by atoms with E-state index in [0.29, 0.717) is 5.75 Å². The Balaban J connectivity index is 1.54. The minimum Gasteiger partial charge on any atom is -0.497 e. The molecule has 0 spiro atoms. The Morgan fingerprint density at radius 2 is 1.88 bits per heavy atom. The van der Waals surface area contributed by atoms with Crippen LogP contribution in [0.1, 0.15) is 19.8 Å². The number of ether oxygens (including phenoxy) is 1. The first-order valence-electron chi connectivity index (χ1n) is 8.54. The van der Waals surface area contributed by atoms with Crippen molar-refractivity contribution in [1.82, 2.24) is 15.1 Å². The van der Waals surface area contributed by atoms with Crippen LogP contribution in [-0.2, 0) is 4.79 Å². The van der Waals surface area contributed by atoms with Crippen molar-refractivity contribution < 1.29 is 9.53 Å². The maximum atomic E-state index is 12.3. The number of rotatable bonds is 5. The van der Waals surface area contributed by atoms with Gasteiger partial charge in [-0.3, -0.25) is 4.79 Å². The molecule has 1 aromatic heterocycles. The second kappa shape index (κ2) is 8.34. The Labute approximate surface area is 152 Å². The largest absolute Gasteiger partial charge is 0.497 e. The molecule has 1 amide bonds. The smallest absolute Gasteiger partial charge is 0.232 e. The lowest BCUT2D eigenvalue weighted by molar-refractivity contribution is -0.129. The molecule has 1 saturated heterocycles. The third-order valence-corrected chi connectivity index (χ3v) is 5.41. The second-order valence-electron chi connectivity index (χ2n) is 6.34. The van der Waals surface area contributed by atoms with Crippen molar-refractivity contribution in [3.63, 3.8) is 0 Å². The van der Waals surface area contributed by atoms with E-state index in [1.54, 1.807) is 7.11 Å². The summed E-state index contributed by atoms with van der Waals surface area (Å²) in [6, 6.07) is 11.6. The first-order valence-corrected chi connectivity index (χ1v) is 9.53. The van der Waals surface area contributed by atoms with E-state index in [-0.39, 0.29) is 5.91 Å². The molecule has 0 bridgehead atoms. The number of carbonyl (C=O) groups is 1. The van der Waals surface area contributed by atoms with Gasteiger partial charge in [0.1, 0.15) is 10.8 Å². The lowest BCUT2D eigenvalue weighted by Crippen LogP contribution is -2.38. The van der Waals surface area contributed by atoms with Gasteiger partial charge < -0.3 is 9.64 Å². The molecule has 25 heavy (non-hydrogen) atoms. The number of nitrogens with zero attached hydrogens (tertiary/aromatic N) is 3. The number of thioether (sulfide) groups is 1. The maximum Gasteiger partial charge on any atom is 0.232 e. The van der Waals surface area contributed by atoms with Gasteiger partial charge in [-0.25, -0.2) is 0 Å². The van der Waals surface area contributed by atoms with E-state index in [1.807, 2.05) is 41.3 Å². The quantitative estimate of drug-likeness (QED) is 0.767. The van der Waals surface area contributed by atoms with Gasteiger partial charge in [0, 0.05) is 18.7 Å². The fourth-order valence-corrected chi connectivity index (χ4v) is 3.51. The van der Waals surface area contributed by atoms with E-state index in [9.17, 15) is 4.79 Å². The highest BCUT2D eigenvalue weighted by Gasteiger charge is 2.20. The minimum atomic E-state index is 0.193. The predicted molar refractivity (Wildman–Crippen MR) is 99.7 cm³/mol. The van der Waals surface area contributed by atoms with Crippen molar-refractivity contribution in [2.24, 2.45) is 5.92 Å². The van der Waals surface area contributed by atoms with Crippen LogP contribution in [0.3, 0.4) is 0 Å². The highest BCUT2D eigenvalue weighted by molar-refractivity contribution is 7.99. The molecule has 6 heteroatoms. The van der Waals surface area contributed by atoms with Crippen LogP contribution in [0.25, 0.3) is 11.3 Å². The van der Waals surface area contributed by atoms with Crippen LogP contribution in [0.5, 0.6) is 5.75 Å². The van der Waals surface area contributed by atoms with Crippen molar-refractivity contribution in [2.75, 3.05) is 26.0 Å². The van der Waals surface area contributed by atoms with Crippen LogP contribution in [0.2, 0.25) is 0 Å². The molecule has 2 heterocycles. The molecule has 1 fully saturated rings. The molecule has 5 nitrogen and oxygen atoms in total. The summed E-state index contributed by atoms with van der Waals surface area (Å²) in [6.45, 7) is 4.00. The standard InChI is InChI=1S/C19H23N3O2S/c1-14-9-11-22(12-10-14)19(23)13-25-18-8-7-17(20-21-18)15-3-5-16(24-2)6-4-15/h3-8,14H,9-13H2,1-2H3. The first-order chi connectivity index (χ1) is 12.2. The van der Waals surface area contributed by atoms with Crippen LogP contribution in [0, 0.1) is 5.92 Å². The van der Waals surface area contributed by atoms with Gasteiger partial charge in [0.15, 0.2) is 0 Å². The Morgan fingerprint density at radius 1 is 1.16 bits per heavy atom. The Bertz CT molecular complexity index is 696. The third kappa shape index (κ3) is 4.72. The molecular weight excluding hydrogens is 334 g/mol. The zero-order chi connectivity index (χ0) is 17.6. The number of carbonyl (C=O) groups excluding carboxylic acids is 1. The van der Waals surface area contributed by atoms with E-state index in [0.717, 1.165) is 53.9 Å². The third-order valence-electron chi connectivity index (χ3n) is 4.51. The predicted octanol–water partition coefficient (Wildman–Crippen LogP) is 3.50. The molecule has 2 aromatic rings. The molecule has 0 saturated carbocycles. The minimum absolute atomic E-state index is 0.193. The van der Waals surface area contributed by atoms with Gasteiger partial charge in [0.05, 0.1) is 18.6 Å². The topological polar surface area (TPSA) is 55.3 Å². The zero-order valence-corrected chi connectivity index (χ0v) is 15.5. The van der Waals surface area contributed by atoms with Crippen molar-refractivity contribution >= 4 is 17.7 Å². The summed E-state index contributed by atoms with van der Waals surface area (Å²) >= 11 is 1.45. The summed E-state index contributed by atoms with van der Waals surface area (Å²) in [5.41, 5.74) is 1.80. The number of methoxy groups -OCH3 is 1. The molecule has 0 atom stereocenters. The lowest BCUT2D eigenvalue weighted by atomic mass is 9.99. The van der Waals surface area contributed by atoms with Crippen molar-refractivity contribution in [3.05, 3.63) is 36.4 Å². The van der Waals surface area contributed by atoms with Crippen molar-refractivity contribution in [2.45, 2.75) is 24.8 Å².